The van der Waals surface area contributed by atoms with Crippen molar-refractivity contribution in [2.45, 2.75) is 35.0 Å². The van der Waals surface area contributed by atoms with Crippen molar-refractivity contribution < 1.29 is 9.47 Å². The fraction of sp³-hybridized carbons (Fsp3) is 0.571. The Morgan fingerprint density at radius 3 is 3.00 bits per heavy atom. The minimum Gasteiger partial charge on any atom is -0.398 e. The van der Waals surface area contributed by atoms with Gasteiger partial charge in [0, 0.05) is 40.5 Å². The molecule has 0 amide bonds. The van der Waals surface area contributed by atoms with Crippen molar-refractivity contribution in [3.63, 3.8) is 0 Å². The van der Waals surface area contributed by atoms with Crippen molar-refractivity contribution >= 4 is 29.1 Å². The molecule has 2 aliphatic rings. The highest BCUT2D eigenvalue weighted by atomic mass is 35.5. The summed E-state index contributed by atoms with van der Waals surface area (Å²) in [6.45, 7) is 2.37. The van der Waals surface area contributed by atoms with Crippen molar-refractivity contribution in [1.82, 2.24) is 0 Å². The Morgan fingerprint density at radius 1 is 1.37 bits per heavy atom. The number of thioether (sulfide) groups is 1. The SMILES string of the molecule is Nc1cc(Cl)ccc1SC1CCOC2(CCOC2)C1. The third-order valence-electron chi connectivity index (χ3n) is 3.78. The summed E-state index contributed by atoms with van der Waals surface area (Å²) in [5.41, 5.74) is 6.74. The first kappa shape index (κ1) is 13.6. The highest BCUT2D eigenvalue weighted by molar-refractivity contribution is 8.00. The maximum Gasteiger partial charge on any atom is 0.0947 e. The third-order valence-corrected chi connectivity index (χ3v) is 5.38. The second-order valence-electron chi connectivity index (χ2n) is 5.25. The summed E-state index contributed by atoms with van der Waals surface area (Å²) in [6.07, 6.45) is 3.12. The Labute approximate surface area is 122 Å². The number of rotatable bonds is 2. The average molecular weight is 300 g/mol. The van der Waals surface area contributed by atoms with Crippen molar-refractivity contribution in [1.29, 1.82) is 0 Å². The zero-order valence-electron chi connectivity index (χ0n) is 10.7. The summed E-state index contributed by atoms with van der Waals surface area (Å²) < 4.78 is 11.5. The third kappa shape index (κ3) is 3.02. The smallest absolute Gasteiger partial charge is 0.0947 e. The standard InChI is InChI=1S/C14H18ClNO2S/c15-10-1-2-13(12(16)7-10)19-11-3-5-18-14(8-11)4-6-17-9-14/h1-2,7,11H,3-6,8-9,16H2. The molecule has 1 aromatic carbocycles. The molecule has 5 heteroatoms. The minimum atomic E-state index is -0.0445. The average Bonchev–Trinajstić information content (AvgIpc) is 2.81. The van der Waals surface area contributed by atoms with E-state index in [2.05, 4.69) is 0 Å². The van der Waals surface area contributed by atoms with E-state index in [0.29, 0.717) is 10.3 Å². The topological polar surface area (TPSA) is 44.5 Å². The van der Waals surface area contributed by atoms with Crippen LogP contribution in [-0.2, 0) is 9.47 Å². The number of anilines is 1. The van der Waals surface area contributed by atoms with Gasteiger partial charge in [0.1, 0.15) is 0 Å². The number of hydrogen-bond donors (Lipinski definition) is 1. The van der Waals surface area contributed by atoms with Crippen LogP contribution < -0.4 is 5.73 Å². The molecule has 0 aromatic heterocycles. The number of ether oxygens (including phenoxy) is 2. The van der Waals surface area contributed by atoms with E-state index in [-0.39, 0.29) is 5.60 Å². The van der Waals surface area contributed by atoms with Crippen molar-refractivity contribution in [3.8, 4) is 0 Å². The zero-order valence-corrected chi connectivity index (χ0v) is 12.3. The number of halogens is 1. The van der Waals surface area contributed by atoms with E-state index in [4.69, 9.17) is 26.8 Å². The molecule has 2 heterocycles. The first-order valence-corrected chi connectivity index (χ1v) is 7.86. The molecule has 1 spiro atoms. The Kier molecular flexibility index (Phi) is 3.94. The molecule has 0 aliphatic carbocycles. The number of nitrogen functional groups attached to an aromatic ring is 1. The largest absolute Gasteiger partial charge is 0.398 e. The summed E-state index contributed by atoms with van der Waals surface area (Å²) in [6, 6.07) is 5.72. The van der Waals surface area contributed by atoms with Crippen LogP contribution in [0.2, 0.25) is 5.02 Å². The molecule has 3 rings (SSSR count). The number of hydrogen-bond acceptors (Lipinski definition) is 4. The van der Waals surface area contributed by atoms with Crippen LogP contribution in [0.1, 0.15) is 19.3 Å². The van der Waals surface area contributed by atoms with Crippen LogP contribution in [0.4, 0.5) is 5.69 Å². The molecule has 1 aromatic rings. The fourth-order valence-corrected chi connectivity index (χ4v) is 4.24. The lowest BCUT2D eigenvalue weighted by Crippen LogP contribution is -2.41. The van der Waals surface area contributed by atoms with Crippen LogP contribution in [0.5, 0.6) is 0 Å². The van der Waals surface area contributed by atoms with Crippen LogP contribution in [-0.4, -0.2) is 30.7 Å². The lowest BCUT2D eigenvalue weighted by molar-refractivity contribution is -0.0769. The van der Waals surface area contributed by atoms with Gasteiger partial charge in [0.05, 0.1) is 12.2 Å². The first-order valence-electron chi connectivity index (χ1n) is 6.60. The molecule has 2 saturated heterocycles. The van der Waals surface area contributed by atoms with Gasteiger partial charge in [-0.25, -0.2) is 0 Å². The second-order valence-corrected chi connectivity index (χ2v) is 7.03. The monoisotopic (exact) mass is 299 g/mol. The molecule has 0 bridgehead atoms. The number of nitrogens with two attached hydrogens (primary N) is 1. The van der Waals surface area contributed by atoms with Crippen molar-refractivity contribution in [2.24, 2.45) is 0 Å². The van der Waals surface area contributed by atoms with Gasteiger partial charge >= 0.3 is 0 Å². The van der Waals surface area contributed by atoms with Crippen LogP contribution in [0.15, 0.2) is 23.1 Å². The van der Waals surface area contributed by atoms with Gasteiger partial charge < -0.3 is 15.2 Å². The molecule has 2 fully saturated rings. The van der Waals surface area contributed by atoms with Gasteiger partial charge in [-0.2, -0.15) is 0 Å². The summed E-state index contributed by atoms with van der Waals surface area (Å²) in [7, 11) is 0. The van der Waals surface area contributed by atoms with Crippen LogP contribution in [0, 0.1) is 0 Å². The predicted octanol–water partition coefficient (Wildman–Crippen LogP) is 3.35. The lowest BCUT2D eigenvalue weighted by Gasteiger charge is -2.36. The molecule has 0 radical (unpaired) electrons. The molecule has 0 saturated carbocycles. The Hall–Kier alpha value is -0.420. The quantitative estimate of drug-likeness (QED) is 0.851. The van der Waals surface area contributed by atoms with E-state index in [1.807, 2.05) is 30.0 Å². The van der Waals surface area contributed by atoms with E-state index in [9.17, 15) is 0 Å². The van der Waals surface area contributed by atoms with Gasteiger partial charge in [0.25, 0.3) is 0 Å². The highest BCUT2D eigenvalue weighted by Gasteiger charge is 2.41. The molecule has 104 valence electrons. The molecule has 2 unspecified atom stereocenters. The van der Waals surface area contributed by atoms with E-state index >= 15 is 0 Å². The summed E-state index contributed by atoms with van der Waals surface area (Å²) in [5, 5.41) is 1.23. The molecule has 2 aliphatic heterocycles. The molecule has 3 nitrogen and oxygen atoms in total. The number of benzene rings is 1. The Morgan fingerprint density at radius 2 is 2.26 bits per heavy atom. The van der Waals surface area contributed by atoms with Gasteiger partial charge in [0.2, 0.25) is 0 Å². The van der Waals surface area contributed by atoms with E-state index in [1.54, 1.807) is 0 Å². The van der Waals surface area contributed by atoms with Crippen LogP contribution in [0.3, 0.4) is 0 Å². The minimum absolute atomic E-state index is 0.0445. The summed E-state index contributed by atoms with van der Waals surface area (Å²) in [5.74, 6) is 0. The predicted molar refractivity (Wildman–Crippen MR) is 78.9 cm³/mol. The molecule has 2 N–H and O–H groups in total. The zero-order chi connectivity index (χ0) is 13.3. The first-order chi connectivity index (χ1) is 9.17. The van der Waals surface area contributed by atoms with Gasteiger partial charge in [-0.1, -0.05) is 11.6 Å². The fourth-order valence-electron chi connectivity index (χ4n) is 2.75. The summed E-state index contributed by atoms with van der Waals surface area (Å²) in [4.78, 5) is 1.12. The van der Waals surface area contributed by atoms with E-state index in [0.717, 1.165) is 49.7 Å². The Bertz CT molecular complexity index is 463. The maximum absolute atomic E-state index is 6.02. The molecule has 2 atom stereocenters. The normalized spacial score (nSPS) is 30.9. The molecular formula is C14H18ClNO2S. The van der Waals surface area contributed by atoms with Crippen LogP contribution in [0.25, 0.3) is 0 Å². The Balaban J connectivity index is 1.69. The van der Waals surface area contributed by atoms with Gasteiger partial charge in [-0.05, 0) is 31.0 Å². The molecular weight excluding hydrogens is 282 g/mol. The van der Waals surface area contributed by atoms with Gasteiger partial charge in [-0.15, -0.1) is 11.8 Å². The van der Waals surface area contributed by atoms with E-state index in [1.165, 1.54) is 0 Å². The highest BCUT2D eigenvalue weighted by Crippen LogP contribution is 2.41. The maximum atomic E-state index is 6.02. The molecule has 19 heavy (non-hydrogen) atoms. The summed E-state index contributed by atoms with van der Waals surface area (Å²) >= 11 is 7.77. The van der Waals surface area contributed by atoms with Crippen molar-refractivity contribution in [2.75, 3.05) is 25.6 Å². The second kappa shape index (κ2) is 5.52. The lowest BCUT2D eigenvalue weighted by atomic mass is 9.93. The van der Waals surface area contributed by atoms with Crippen molar-refractivity contribution in [3.05, 3.63) is 23.2 Å². The van der Waals surface area contributed by atoms with E-state index < -0.39 is 0 Å². The van der Waals surface area contributed by atoms with Crippen LogP contribution >= 0.6 is 23.4 Å². The van der Waals surface area contributed by atoms with Gasteiger partial charge in [0.15, 0.2) is 0 Å². The van der Waals surface area contributed by atoms with Gasteiger partial charge in [-0.3, -0.25) is 0 Å².